The summed E-state index contributed by atoms with van der Waals surface area (Å²) >= 11 is 0. The van der Waals surface area contributed by atoms with E-state index in [1.54, 1.807) is 20.8 Å². The van der Waals surface area contributed by atoms with Crippen LogP contribution in [0.15, 0.2) is 12.2 Å². The number of carboxylic acids is 3. The number of quaternary nitrogens is 1. The third-order valence-electron chi connectivity index (χ3n) is 9.25. The molecule has 0 saturated carbocycles. The van der Waals surface area contributed by atoms with Crippen molar-refractivity contribution in [1.29, 1.82) is 0 Å². The summed E-state index contributed by atoms with van der Waals surface area (Å²) in [5.74, 6) is -3.90. The average Bonchev–Trinajstić information content (AvgIpc) is 2.97. The molecule has 0 aromatic heterocycles. The van der Waals surface area contributed by atoms with Crippen molar-refractivity contribution in [3.05, 3.63) is 12.2 Å². The van der Waals surface area contributed by atoms with Gasteiger partial charge >= 0.3 is 17.9 Å². The number of rotatable bonds is 31. The highest BCUT2D eigenvalue weighted by Gasteiger charge is 2.31. The Labute approximate surface area is 264 Å². The molecule has 0 amide bonds. The molecule has 0 spiro atoms. The van der Waals surface area contributed by atoms with E-state index in [4.69, 9.17) is 0 Å². The summed E-state index contributed by atoms with van der Waals surface area (Å²) < 4.78 is 0.614. The Balaban J connectivity index is 4.43. The van der Waals surface area contributed by atoms with E-state index >= 15 is 0 Å². The Hall–Kier alpha value is -1.89. The predicted octanol–water partition coefficient (Wildman–Crippen LogP) is 9.34. The van der Waals surface area contributed by atoms with Crippen molar-refractivity contribution in [3.63, 3.8) is 0 Å². The zero-order valence-corrected chi connectivity index (χ0v) is 28.4. The van der Waals surface area contributed by atoms with E-state index in [0.29, 0.717) is 43.4 Å². The van der Waals surface area contributed by atoms with Crippen molar-refractivity contribution in [1.82, 2.24) is 0 Å². The Morgan fingerprint density at radius 1 is 0.488 bits per heavy atom. The van der Waals surface area contributed by atoms with E-state index in [0.717, 1.165) is 19.4 Å². The Kier molecular flexibility index (Phi) is 25.3. The fourth-order valence-corrected chi connectivity index (χ4v) is 5.68. The lowest BCUT2D eigenvalue weighted by molar-refractivity contribution is -0.929. The normalized spacial score (nSPS) is 15.3. The first-order chi connectivity index (χ1) is 20.5. The van der Waals surface area contributed by atoms with E-state index in [1.807, 2.05) is 0 Å². The number of hydrogen-bond donors (Lipinski definition) is 3. The zero-order chi connectivity index (χ0) is 32.3. The van der Waals surface area contributed by atoms with Gasteiger partial charge in [0.05, 0.1) is 43.9 Å². The monoisotopic (exact) mass is 611 g/mol. The lowest BCUT2D eigenvalue weighted by Gasteiger charge is -2.40. The second-order valence-corrected chi connectivity index (χ2v) is 13.3. The van der Waals surface area contributed by atoms with Gasteiger partial charge in [-0.25, -0.2) is 0 Å². The van der Waals surface area contributed by atoms with Gasteiger partial charge in [0.2, 0.25) is 0 Å². The van der Waals surface area contributed by atoms with E-state index in [1.165, 1.54) is 96.3 Å². The van der Waals surface area contributed by atoms with Crippen molar-refractivity contribution < 1.29 is 34.2 Å². The number of aliphatic carboxylic acids is 3. The van der Waals surface area contributed by atoms with Crippen molar-refractivity contribution in [2.45, 2.75) is 156 Å². The molecule has 0 aromatic carbocycles. The standard InChI is InChI=1S/C36H67NO6/c1-5-6-7-8-9-10-11-12-13-14-15-16-17-18-19-20-21-22-23-27-37(28-24-31(2)34(38)39,29-25-32(3)35(40)41)30-26-33(4)36(42)43/h7-8,31-33H,5-6,9-30H2,1-4H3,(H2-,38,39,40,41,42,43)/p+1/b8-7+. The van der Waals surface area contributed by atoms with Crippen molar-refractivity contribution in [2.75, 3.05) is 26.2 Å². The van der Waals surface area contributed by atoms with Crippen molar-refractivity contribution >= 4 is 17.9 Å². The minimum atomic E-state index is -0.822. The third kappa shape index (κ3) is 23.2. The molecule has 0 aromatic rings. The number of hydrogen-bond acceptors (Lipinski definition) is 3. The van der Waals surface area contributed by atoms with Gasteiger partial charge < -0.3 is 19.8 Å². The predicted molar refractivity (Wildman–Crippen MR) is 177 cm³/mol. The van der Waals surface area contributed by atoms with Gasteiger partial charge in [-0.1, -0.05) is 117 Å². The third-order valence-corrected chi connectivity index (χ3v) is 9.25. The van der Waals surface area contributed by atoms with Gasteiger partial charge in [0.25, 0.3) is 0 Å². The first-order valence-corrected chi connectivity index (χ1v) is 17.7. The molecule has 43 heavy (non-hydrogen) atoms. The first-order valence-electron chi connectivity index (χ1n) is 17.7. The maximum Gasteiger partial charge on any atom is 0.306 e. The van der Waals surface area contributed by atoms with E-state index in [-0.39, 0.29) is 0 Å². The van der Waals surface area contributed by atoms with E-state index in [9.17, 15) is 29.7 Å². The Bertz CT molecular complexity index is 692. The number of allylic oxidation sites excluding steroid dienone is 2. The highest BCUT2D eigenvalue weighted by atomic mass is 16.4. The van der Waals surface area contributed by atoms with Gasteiger partial charge in [0.15, 0.2) is 0 Å². The number of carbonyl (C=O) groups is 3. The molecule has 0 aliphatic carbocycles. The summed E-state index contributed by atoms with van der Waals surface area (Å²) in [6.07, 6.45) is 27.8. The van der Waals surface area contributed by atoms with E-state index in [2.05, 4.69) is 19.1 Å². The SMILES string of the molecule is CCC/C=C/CCCCCCCCCCCCCCCC[N+](CCC(C)C(=O)O)(CCC(C)C(=O)O)CCC(C)C(=O)O. The molecule has 0 heterocycles. The van der Waals surface area contributed by atoms with Crippen LogP contribution in [-0.4, -0.2) is 63.9 Å². The molecular weight excluding hydrogens is 542 g/mol. The van der Waals surface area contributed by atoms with Crippen LogP contribution in [0, 0.1) is 17.8 Å². The maximum absolute atomic E-state index is 11.5. The fourth-order valence-electron chi connectivity index (χ4n) is 5.68. The number of unbranched alkanes of at least 4 members (excludes halogenated alkanes) is 15. The summed E-state index contributed by atoms with van der Waals surface area (Å²) in [6, 6.07) is 0. The molecule has 0 rings (SSSR count). The van der Waals surface area contributed by atoms with Crippen LogP contribution in [0.5, 0.6) is 0 Å². The summed E-state index contributed by atoms with van der Waals surface area (Å²) in [5.41, 5.74) is 0. The lowest BCUT2D eigenvalue weighted by Crippen LogP contribution is -2.52. The highest BCUT2D eigenvalue weighted by Crippen LogP contribution is 2.22. The molecule has 0 saturated heterocycles. The molecule has 7 nitrogen and oxygen atoms in total. The van der Waals surface area contributed by atoms with Gasteiger partial charge in [-0.3, -0.25) is 14.4 Å². The van der Waals surface area contributed by atoms with Gasteiger partial charge in [-0.2, -0.15) is 0 Å². The topological polar surface area (TPSA) is 112 Å². The lowest BCUT2D eigenvalue weighted by atomic mass is 10.0. The van der Waals surface area contributed by atoms with Crippen LogP contribution in [-0.2, 0) is 14.4 Å². The van der Waals surface area contributed by atoms with Crippen LogP contribution >= 0.6 is 0 Å². The van der Waals surface area contributed by atoms with Gasteiger partial charge in [0.1, 0.15) is 0 Å². The number of nitrogens with zero attached hydrogens (tertiary/aromatic N) is 1. The second-order valence-electron chi connectivity index (χ2n) is 13.3. The largest absolute Gasteiger partial charge is 0.481 e. The minimum absolute atomic E-state index is 0.478. The Morgan fingerprint density at radius 3 is 1.12 bits per heavy atom. The molecule has 3 atom stereocenters. The van der Waals surface area contributed by atoms with Crippen LogP contribution in [0.2, 0.25) is 0 Å². The molecule has 7 heteroatoms. The fraction of sp³-hybridized carbons (Fsp3) is 0.861. The summed E-state index contributed by atoms with van der Waals surface area (Å²) in [6.45, 7) is 10.1. The maximum atomic E-state index is 11.5. The van der Waals surface area contributed by atoms with Gasteiger partial charge in [-0.15, -0.1) is 0 Å². The van der Waals surface area contributed by atoms with Crippen LogP contribution in [0.3, 0.4) is 0 Å². The summed E-state index contributed by atoms with van der Waals surface area (Å²) in [4.78, 5) is 34.5. The molecule has 3 N–H and O–H groups in total. The molecular formula is C36H68NO6+. The second kappa shape index (κ2) is 26.5. The highest BCUT2D eigenvalue weighted by molar-refractivity contribution is 5.70. The van der Waals surface area contributed by atoms with Crippen molar-refractivity contribution in [2.24, 2.45) is 17.8 Å². The smallest absolute Gasteiger partial charge is 0.306 e. The quantitative estimate of drug-likeness (QED) is 0.0410. The van der Waals surface area contributed by atoms with Crippen LogP contribution in [0.4, 0.5) is 0 Å². The zero-order valence-electron chi connectivity index (χ0n) is 28.4. The molecule has 252 valence electrons. The average molecular weight is 611 g/mol. The minimum Gasteiger partial charge on any atom is -0.481 e. The molecule has 0 aliphatic heterocycles. The van der Waals surface area contributed by atoms with E-state index < -0.39 is 35.7 Å². The van der Waals surface area contributed by atoms with Crippen LogP contribution < -0.4 is 0 Å². The first kappa shape index (κ1) is 41.1. The molecule has 0 fully saturated rings. The van der Waals surface area contributed by atoms with Crippen LogP contribution in [0.1, 0.15) is 156 Å². The number of carboxylic acid groups (broad SMARTS) is 3. The molecule has 3 unspecified atom stereocenters. The summed E-state index contributed by atoms with van der Waals surface area (Å²) in [5, 5.41) is 28.3. The van der Waals surface area contributed by atoms with Gasteiger partial charge in [0, 0.05) is 19.3 Å². The van der Waals surface area contributed by atoms with Crippen molar-refractivity contribution in [3.8, 4) is 0 Å². The van der Waals surface area contributed by atoms with Gasteiger partial charge in [-0.05, 0) is 32.1 Å². The summed E-state index contributed by atoms with van der Waals surface area (Å²) in [7, 11) is 0. The molecule has 0 radical (unpaired) electrons. The molecule has 0 bridgehead atoms. The Morgan fingerprint density at radius 2 is 0.791 bits per heavy atom. The van der Waals surface area contributed by atoms with Crippen LogP contribution in [0.25, 0.3) is 0 Å². The molecule has 0 aliphatic rings.